The monoisotopic (exact) mass is 463 g/mol. The fourth-order valence-corrected chi connectivity index (χ4v) is 3.03. The molecule has 0 aliphatic heterocycles. The van der Waals surface area contributed by atoms with Gasteiger partial charge in [-0.2, -0.15) is 5.26 Å². The van der Waals surface area contributed by atoms with Crippen molar-refractivity contribution < 1.29 is 14.5 Å². The van der Waals surface area contributed by atoms with Crippen LogP contribution < -0.4 is 10.1 Å². The molecule has 0 spiro atoms. The third-order valence-electron chi connectivity index (χ3n) is 3.43. The minimum absolute atomic E-state index is 0.135. The van der Waals surface area contributed by atoms with Crippen molar-refractivity contribution in [3.8, 4) is 11.8 Å². The number of nitriles is 1. The van der Waals surface area contributed by atoms with Gasteiger partial charge in [-0.15, -0.1) is 0 Å². The number of anilines is 1. The van der Waals surface area contributed by atoms with Gasteiger partial charge in [-0.3, -0.25) is 14.9 Å². The fourth-order valence-electron chi connectivity index (χ4n) is 2.17. The molecule has 0 bridgehead atoms. The number of hydrogen-bond donors (Lipinski definition) is 1. The lowest BCUT2D eigenvalue weighted by Gasteiger charge is -2.07. The maximum absolute atomic E-state index is 12.3. The molecule has 0 saturated heterocycles. The van der Waals surface area contributed by atoms with Gasteiger partial charge in [0.1, 0.15) is 11.6 Å². The van der Waals surface area contributed by atoms with Gasteiger partial charge < -0.3 is 10.1 Å². The van der Waals surface area contributed by atoms with Crippen molar-refractivity contribution in [2.24, 2.45) is 0 Å². The first-order valence-electron chi connectivity index (χ1n) is 7.37. The molecule has 132 valence electrons. The maximum Gasteiger partial charge on any atom is 0.312 e. The SMILES string of the molecule is COc1c(I)cc(/C=C(/C#N)C(=O)Nc2ccc(C)cc2)cc1[N+](=O)[O-]. The van der Waals surface area contributed by atoms with Gasteiger partial charge in [0.2, 0.25) is 5.75 Å². The highest BCUT2D eigenvalue weighted by atomic mass is 127. The number of ether oxygens (including phenoxy) is 1. The maximum atomic E-state index is 12.3. The number of nitro groups is 1. The number of aryl methyl sites for hydroxylation is 1. The van der Waals surface area contributed by atoms with E-state index in [0.29, 0.717) is 14.8 Å². The van der Waals surface area contributed by atoms with Crippen molar-refractivity contribution in [3.63, 3.8) is 0 Å². The van der Waals surface area contributed by atoms with Crippen LogP contribution in [0.5, 0.6) is 5.75 Å². The lowest BCUT2D eigenvalue weighted by atomic mass is 10.1. The normalized spacial score (nSPS) is 10.8. The van der Waals surface area contributed by atoms with Crippen LogP contribution in [-0.2, 0) is 4.79 Å². The number of nitrogens with zero attached hydrogens (tertiary/aromatic N) is 2. The zero-order valence-corrected chi connectivity index (χ0v) is 16.1. The van der Waals surface area contributed by atoms with Gasteiger partial charge in [0.05, 0.1) is 15.6 Å². The van der Waals surface area contributed by atoms with E-state index in [1.54, 1.807) is 18.2 Å². The minimum atomic E-state index is -0.593. The summed E-state index contributed by atoms with van der Waals surface area (Å²) in [6, 6.07) is 11.8. The number of carbonyl (C=O) groups excluding carboxylic acids is 1. The van der Waals surface area contributed by atoms with Crippen LogP contribution in [0.3, 0.4) is 0 Å². The summed E-state index contributed by atoms with van der Waals surface area (Å²) in [6.45, 7) is 1.92. The Morgan fingerprint density at radius 3 is 2.54 bits per heavy atom. The van der Waals surface area contributed by atoms with E-state index in [9.17, 15) is 20.2 Å². The smallest absolute Gasteiger partial charge is 0.312 e. The average Bonchev–Trinajstić information content (AvgIpc) is 2.60. The van der Waals surface area contributed by atoms with Crippen molar-refractivity contribution in [2.75, 3.05) is 12.4 Å². The van der Waals surface area contributed by atoms with Gasteiger partial charge in [0, 0.05) is 11.8 Å². The molecule has 0 atom stereocenters. The summed E-state index contributed by atoms with van der Waals surface area (Å²) < 4.78 is 5.55. The fraction of sp³-hybridized carbons (Fsp3) is 0.111. The number of hydrogen-bond acceptors (Lipinski definition) is 5. The summed E-state index contributed by atoms with van der Waals surface area (Å²) in [5.41, 5.74) is 1.55. The predicted molar refractivity (Wildman–Crippen MR) is 106 cm³/mol. The van der Waals surface area contributed by atoms with Gasteiger partial charge in [0.25, 0.3) is 5.91 Å². The Hall–Kier alpha value is -2.93. The van der Waals surface area contributed by atoms with Crippen LogP contribution in [-0.4, -0.2) is 17.9 Å². The molecule has 0 fully saturated rings. The molecule has 0 heterocycles. The molecule has 0 saturated carbocycles. The molecule has 1 N–H and O–H groups in total. The van der Waals surface area contributed by atoms with Crippen LogP contribution in [0.2, 0.25) is 0 Å². The van der Waals surface area contributed by atoms with Crippen molar-refractivity contribution in [2.45, 2.75) is 6.92 Å². The van der Waals surface area contributed by atoms with Crippen LogP contribution in [0.15, 0.2) is 42.0 Å². The number of carbonyl (C=O) groups is 1. The van der Waals surface area contributed by atoms with E-state index < -0.39 is 10.8 Å². The van der Waals surface area contributed by atoms with Crippen LogP contribution in [0, 0.1) is 31.9 Å². The molecule has 0 aliphatic rings. The zero-order chi connectivity index (χ0) is 19.3. The van der Waals surface area contributed by atoms with Gasteiger partial charge in [-0.25, -0.2) is 0 Å². The summed E-state index contributed by atoms with van der Waals surface area (Å²) in [5, 5.41) is 23.1. The van der Waals surface area contributed by atoms with E-state index >= 15 is 0 Å². The minimum Gasteiger partial charge on any atom is -0.489 e. The standard InChI is InChI=1S/C18H14IN3O4/c1-11-3-5-14(6-4-11)21-18(23)13(10-20)7-12-8-15(19)17(26-2)16(9-12)22(24)25/h3-9H,1-2H3,(H,21,23)/b13-7-. The summed E-state index contributed by atoms with van der Waals surface area (Å²) in [6.07, 6.45) is 1.30. The Balaban J connectivity index is 2.36. The average molecular weight is 463 g/mol. The van der Waals surface area contributed by atoms with Gasteiger partial charge in [-0.05, 0) is 59.4 Å². The van der Waals surface area contributed by atoms with Crippen LogP contribution in [0.4, 0.5) is 11.4 Å². The topological polar surface area (TPSA) is 105 Å². The molecule has 2 rings (SSSR count). The Morgan fingerprint density at radius 2 is 2.00 bits per heavy atom. The van der Waals surface area contributed by atoms with Crippen LogP contribution >= 0.6 is 22.6 Å². The highest BCUT2D eigenvalue weighted by Gasteiger charge is 2.20. The third-order valence-corrected chi connectivity index (χ3v) is 4.23. The largest absolute Gasteiger partial charge is 0.489 e. The van der Waals surface area contributed by atoms with E-state index in [0.717, 1.165) is 5.56 Å². The first-order valence-corrected chi connectivity index (χ1v) is 8.45. The van der Waals surface area contributed by atoms with Crippen LogP contribution in [0.25, 0.3) is 6.08 Å². The molecule has 0 aromatic heterocycles. The van der Waals surface area contributed by atoms with Crippen molar-refractivity contribution in [3.05, 3.63) is 66.8 Å². The molecule has 0 radical (unpaired) electrons. The summed E-state index contributed by atoms with van der Waals surface area (Å²) in [7, 11) is 1.34. The highest BCUT2D eigenvalue weighted by molar-refractivity contribution is 14.1. The summed E-state index contributed by atoms with van der Waals surface area (Å²) in [4.78, 5) is 22.9. The van der Waals surface area contributed by atoms with E-state index in [2.05, 4.69) is 5.32 Å². The quantitative estimate of drug-likeness (QED) is 0.237. The molecule has 1 amide bonds. The second-order valence-electron chi connectivity index (χ2n) is 5.30. The zero-order valence-electron chi connectivity index (χ0n) is 13.9. The second kappa shape index (κ2) is 8.44. The van der Waals surface area contributed by atoms with E-state index in [1.165, 1.54) is 19.3 Å². The molecule has 2 aromatic carbocycles. The van der Waals surface area contributed by atoms with Crippen LogP contribution in [0.1, 0.15) is 11.1 Å². The summed E-state index contributed by atoms with van der Waals surface area (Å²) >= 11 is 1.90. The first kappa shape index (κ1) is 19.4. The number of benzene rings is 2. The molecule has 0 aliphatic carbocycles. The molecular weight excluding hydrogens is 449 g/mol. The molecule has 2 aromatic rings. The molecular formula is C18H14IN3O4. The molecule has 8 heteroatoms. The van der Waals surface area contributed by atoms with Crippen molar-refractivity contribution in [1.29, 1.82) is 5.26 Å². The lowest BCUT2D eigenvalue weighted by molar-refractivity contribution is -0.385. The van der Waals surface area contributed by atoms with Crippen molar-refractivity contribution in [1.82, 2.24) is 0 Å². The lowest BCUT2D eigenvalue weighted by Crippen LogP contribution is -2.13. The molecule has 0 unspecified atom stereocenters. The number of rotatable bonds is 5. The Bertz CT molecular complexity index is 931. The van der Waals surface area contributed by atoms with E-state index in [-0.39, 0.29) is 17.0 Å². The number of nitrogens with one attached hydrogen (secondary N) is 1. The Kier molecular flexibility index (Phi) is 6.30. The van der Waals surface area contributed by atoms with Gasteiger partial charge >= 0.3 is 5.69 Å². The van der Waals surface area contributed by atoms with Crippen molar-refractivity contribution >= 4 is 45.9 Å². The first-order chi connectivity index (χ1) is 12.3. The molecule has 26 heavy (non-hydrogen) atoms. The highest BCUT2D eigenvalue weighted by Crippen LogP contribution is 2.34. The number of amides is 1. The van der Waals surface area contributed by atoms with Gasteiger partial charge in [0.15, 0.2) is 0 Å². The Labute approximate surface area is 163 Å². The predicted octanol–water partition coefficient (Wildman–Crippen LogP) is 4.06. The van der Waals surface area contributed by atoms with E-state index in [1.807, 2.05) is 47.7 Å². The van der Waals surface area contributed by atoms with Gasteiger partial charge in [-0.1, -0.05) is 17.7 Å². The second-order valence-corrected chi connectivity index (χ2v) is 6.46. The molecule has 7 nitrogen and oxygen atoms in total. The Morgan fingerprint density at radius 1 is 1.35 bits per heavy atom. The summed E-state index contributed by atoms with van der Waals surface area (Å²) in [5.74, 6) is -0.458. The number of methoxy groups -OCH3 is 1. The third kappa shape index (κ3) is 4.58. The number of nitro benzene ring substituents is 1. The van der Waals surface area contributed by atoms with E-state index in [4.69, 9.17) is 4.74 Å². The number of halogens is 1.